The average Bonchev–Trinajstić information content (AvgIpc) is 2.53. The zero-order valence-electron chi connectivity index (χ0n) is 12.0. The summed E-state index contributed by atoms with van der Waals surface area (Å²) in [5, 5.41) is 3.50. The van der Waals surface area contributed by atoms with Crippen molar-refractivity contribution in [3.63, 3.8) is 0 Å². The van der Waals surface area contributed by atoms with E-state index in [9.17, 15) is 0 Å². The highest BCUT2D eigenvalue weighted by Crippen LogP contribution is 2.23. The predicted molar refractivity (Wildman–Crippen MR) is 84.3 cm³/mol. The Morgan fingerprint density at radius 2 is 1.70 bits per heavy atom. The lowest BCUT2D eigenvalue weighted by Gasteiger charge is -2.25. The fraction of sp³-hybridized carbons (Fsp3) is 0.294. The molecule has 0 radical (unpaired) electrons. The minimum Gasteiger partial charge on any atom is -0.497 e. The van der Waals surface area contributed by atoms with E-state index < -0.39 is 0 Å². The number of hydrogen-bond acceptors (Lipinski definition) is 3. The summed E-state index contributed by atoms with van der Waals surface area (Å²) < 4.78 is 5.16. The topological polar surface area (TPSA) is 47.3 Å². The molecule has 2 rings (SSSR count). The van der Waals surface area contributed by atoms with Crippen molar-refractivity contribution < 1.29 is 4.74 Å². The third kappa shape index (κ3) is 3.52. The van der Waals surface area contributed by atoms with Gasteiger partial charge in [-0.3, -0.25) is 0 Å². The smallest absolute Gasteiger partial charge is 0.119 e. The number of rotatable bonds is 6. The largest absolute Gasteiger partial charge is 0.497 e. The summed E-state index contributed by atoms with van der Waals surface area (Å²) in [6.07, 6.45) is 0. The van der Waals surface area contributed by atoms with E-state index in [0.29, 0.717) is 12.5 Å². The Kier molecular flexibility index (Phi) is 5.02. The van der Waals surface area contributed by atoms with Gasteiger partial charge in [-0.15, -0.1) is 0 Å². The first-order chi connectivity index (χ1) is 9.74. The summed E-state index contributed by atoms with van der Waals surface area (Å²) in [6, 6.07) is 18.6. The lowest BCUT2D eigenvalue weighted by Crippen LogP contribution is -2.33. The summed E-state index contributed by atoms with van der Waals surface area (Å²) >= 11 is 0. The predicted octanol–water partition coefficient (Wildman–Crippen LogP) is 3.24. The minimum atomic E-state index is 0.200. The molecule has 0 heterocycles. The molecule has 0 saturated carbocycles. The normalized spacial score (nSPS) is 13.6. The first-order valence-electron chi connectivity index (χ1n) is 6.90. The molecule has 20 heavy (non-hydrogen) atoms. The molecule has 2 aromatic carbocycles. The van der Waals surface area contributed by atoms with Crippen LogP contribution in [0.4, 0.5) is 5.69 Å². The van der Waals surface area contributed by atoms with Crippen LogP contribution in [-0.4, -0.2) is 19.7 Å². The fourth-order valence-corrected chi connectivity index (χ4v) is 2.28. The molecule has 0 aliphatic carbocycles. The van der Waals surface area contributed by atoms with E-state index in [4.69, 9.17) is 10.5 Å². The van der Waals surface area contributed by atoms with E-state index >= 15 is 0 Å². The highest BCUT2D eigenvalue weighted by molar-refractivity contribution is 5.47. The third-order valence-corrected chi connectivity index (χ3v) is 3.62. The summed E-state index contributed by atoms with van der Waals surface area (Å²) in [5.41, 5.74) is 8.28. The van der Waals surface area contributed by atoms with Crippen molar-refractivity contribution in [1.29, 1.82) is 0 Å². The van der Waals surface area contributed by atoms with Gasteiger partial charge in [0.15, 0.2) is 0 Å². The summed E-state index contributed by atoms with van der Waals surface area (Å²) in [7, 11) is 1.67. The van der Waals surface area contributed by atoms with Gasteiger partial charge in [-0.25, -0.2) is 0 Å². The molecule has 0 aliphatic heterocycles. The van der Waals surface area contributed by atoms with Gasteiger partial charge in [-0.2, -0.15) is 0 Å². The van der Waals surface area contributed by atoms with E-state index in [2.05, 4.69) is 36.5 Å². The molecule has 3 N–H and O–H groups in total. The van der Waals surface area contributed by atoms with Crippen LogP contribution in [0.15, 0.2) is 54.6 Å². The molecule has 0 amide bonds. The fourth-order valence-electron chi connectivity index (χ4n) is 2.28. The molecule has 2 atom stereocenters. The Bertz CT molecular complexity index is 510. The quantitative estimate of drug-likeness (QED) is 0.847. The maximum Gasteiger partial charge on any atom is 0.119 e. The highest BCUT2D eigenvalue weighted by atomic mass is 16.5. The molecule has 3 heteroatoms. The van der Waals surface area contributed by atoms with Crippen LogP contribution >= 0.6 is 0 Å². The van der Waals surface area contributed by atoms with Gasteiger partial charge < -0.3 is 15.8 Å². The minimum absolute atomic E-state index is 0.200. The van der Waals surface area contributed by atoms with Crippen LogP contribution in [0.3, 0.4) is 0 Å². The standard InChI is InChI=1S/C17H22N2O/c1-13(14-6-4-3-5-7-14)17(12-18)19-15-8-10-16(20-2)11-9-15/h3-11,13,17,19H,12,18H2,1-2H3. The van der Waals surface area contributed by atoms with E-state index in [1.165, 1.54) is 5.56 Å². The van der Waals surface area contributed by atoms with Gasteiger partial charge in [0, 0.05) is 24.2 Å². The molecular formula is C17H22N2O. The zero-order valence-corrected chi connectivity index (χ0v) is 12.0. The van der Waals surface area contributed by atoms with Gasteiger partial charge in [0.05, 0.1) is 7.11 Å². The second-order valence-corrected chi connectivity index (χ2v) is 4.91. The van der Waals surface area contributed by atoms with E-state index in [1.54, 1.807) is 7.11 Å². The van der Waals surface area contributed by atoms with Gasteiger partial charge >= 0.3 is 0 Å². The van der Waals surface area contributed by atoms with Gasteiger partial charge in [0.25, 0.3) is 0 Å². The molecular weight excluding hydrogens is 248 g/mol. The maximum atomic E-state index is 5.93. The Morgan fingerprint density at radius 3 is 2.25 bits per heavy atom. The SMILES string of the molecule is COc1ccc(NC(CN)C(C)c2ccccc2)cc1. The summed E-state index contributed by atoms with van der Waals surface area (Å²) in [6.45, 7) is 2.78. The van der Waals surface area contributed by atoms with E-state index in [1.807, 2.05) is 30.3 Å². The molecule has 0 aliphatic rings. The number of benzene rings is 2. The average molecular weight is 270 g/mol. The zero-order chi connectivity index (χ0) is 14.4. The Hall–Kier alpha value is -2.00. The number of ether oxygens (including phenoxy) is 1. The van der Waals surface area contributed by atoms with Crippen LogP contribution in [0.5, 0.6) is 5.75 Å². The second-order valence-electron chi connectivity index (χ2n) is 4.91. The summed E-state index contributed by atoms with van der Waals surface area (Å²) in [5.74, 6) is 1.21. The number of nitrogens with one attached hydrogen (secondary N) is 1. The monoisotopic (exact) mass is 270 g/mol. The molecule has 2 unspecified atom stereocenters. The molecule has 2 aromatic rings. The Labute approximate surface area is 120 Å². The van der Waals surface area contributed by atoms with Crippen LogP contribution in [0.1, 0.15) is 18.4 Å². The van der Waals surface area contributed by atoms with Crippen molar-refractivity contribution in [2.45, 2.75) is 18.9 Å². The third-order valence-electron chi connectivity index (χ3n) is 3.62. The number of nitrogens with two attached hydrogens (primary N) is 1. The van der Waals surface area contributed by atoms with Crippen molar-refractivity contribution in [3.8, 4) is 5.75 Å². The maximum absolute atomic E-state index is 5.93. The van der Waals surface area contributed by atoms with Crippen LogP contribution < -0.4 is 15.8 Å². The number of methoxy groups -OCH3 is 1. The molecule has 106 valence electrons. The lowest BCUT2D eigenvalue weighted by molar-refractivity contribution is 0.415. The molecule has 0 aromatic heterocycles. The first-order valence-corrected chi connectivity index (χ1v) is 6.90. The van der Waals surface area contributed by atoms with E-state index in [-0.39, 0.29) is 6.04 Å². The van der Waals surface area contributed by atoms with Crippen molar-refractivity contribution in [2.75, 3.05) is 19.0 Å². The lowest BCUT2D eigenvalue weighted by atomic mass is 9.93. The van der Waals surface area contributed by atoms with Crippen molar-refractivity contribution in [3.05, 3.63) is 60.2 Å². The van der Waals surface area contributed by atoms with Gasteiger partial charge in [0.1, 0.15) is 5.75 Å². The van der Waals surface area contributed by atoms with Crippen LogP contribution in [0.2, 0.25) is 0 Å². The molecule has 3 nitrogen and oxygen atoms in total. The Morgan fingerprint density at radius 1 is 1.05 bits per heavy atom. The first kappa shape index (κ1) is 14.4. The van der Waals surface area contributed by atoms with E-state index in [0.717, 1.165) is 11.4 Å². The van der Waals surface area contributed by atoms with Crippen molar-refractivity contribution in [2.24, 2.45) is 5.73 Å². The highest BCUT2D eigenvalue weighted by Gasteiger charge is 2.17. The Balaban J connectivity index is 2.08. The van der Waals surface area contributed by atoms with Gasteiger partial charge in [0.2, 0.25) is 0 Å². The summed E-state index contributed by atoms with van der Waals surface area (Å²) in [4.78, 5) is 0. The van der Waals surface area contributed by atoms with Crippen LogP contribution in [-0.2, 0) is 0 Å². The number of hydrogen-bond donors (Lipinski definition) is 2. The molecule has 0 spiro atoms. The molecule has 0 saturated heterocycles. The number of anilines is 1. The molecule has 0 fully saturated rings. The van der Waals surface area contributed by atoms with Crippen molar-refractivity contribution in [1.82, 2.24) is 0 Å². The van der Waals surface area contributed by atoms with Crippen molar-refractivity contribution >= 4 is 5.69 Å². The van der Waals surface area contributed by atoms with Gasteiger partial charge in [-0.1, -0.05) is 37.3 Å². The van der Waals surface area contributed by atoms with Crippen LogP contribution in [0.25, 0.3) is 0 Å². The second kappa shape index (κ2) is 6.96. The molecule has 0 bridgehead atoms. The van der Waals surface area contributed by atoms with Crippen LogP contribution in [0, 0.1) is 0 Å². The van der Waals surface area contributed by atoms with Gasteiger partial charge in [-0.05, 0) is 29.8 Å².